The maximum absolute atomic E-state index is 11.9. The summed E-state index contributed by atoms with van der Waals surface area (Å²) in [5.41, 5.74) is 0.136. The van der Waals surface area contributed by atoms with Gasteiger partial charge in [-0.15, -0.1) is 0 Å². The summed E-state index contributed by atoms with van der Waals surface area (Å²) in [4.78, 5) is 22.5. The highest BCUT2D eigenvalue weighted by Gasteiger charge is 2.20. The van der Waals surface area contributed by atoms with Crippen LogP contribution in [0.2, 0.25) is 0 Å². The molecule has 0 saturated carbocycles. The van der Waals surface area contributed by atoms with Crippen LogP contribution in [0.15, 0.2) is 17.2 Å². The molecule has 0 aliphatic rings. The molecule has 1 atom stereocenters. The number of amides is 1. The van der Waals surface area contributed by atoms with E-state index in [1.54, 1.807) is 0 Å². The van der Waals surface area contributed by atoms with Crippen LogP contribution in [0.1, 0.15) is 17.4 Å². The quantitative estimate of drug-likeness (QED) is 0.647. The first-order valence-electron chi connectivity index (χ1n) is 5.80. The summed E-state index contributed by atoms with van der Waals surface area (Å²) < 4.78 is 26.7. The van der Waals surface area contributed by atoms with Gasteiger partial charge >= 0.3 is 5.97 Å². The fraction of sp³-hybridized carbons (Fsp3) is 0.455. The first-order valence-corrected chi connectivity index (χ1v) is 7.28. The number of hydrogen-bond acceptors (Lipinski definition) is 4. The number of nitrogens with zero attached hydrogens (tertiary/aromatic N) is 1. The molecule has 0 saturated heterocycles. The highest BCUT2D eigenvalue weighted by molar-refractivity contribution is 7.89. The molecule has 0 fully saturated rings. The molecule has 0 spiro atoms. The first kappa shape index (κ1) is 16.2. The van der Waals surface area contributed by atoms with Crippen molar-refractivity contribution in [2.75, 3.05) is 13.6 Å². The molecule has 1 aromatic rings. The summed E-state index contributed by atoms with van der Waals surface area (Å²) in [5, 5.41) is 11.2. The third kappa shape index (κ3) is 3.58. The molecule has 8 nitrogen and oxygen atoms in total. The largest absolute Gasteiger partial charge is 0.481 e. The number of carboxylic acids is 1. The van der Waals surface area contributed by atoms with Gasteiger partial charge in [0.1, 0.15) is 10.6 Å². The van der Waals surface area contributed by atoms with Crippen LogP contribution in [-0.4, -0.2) is 43.6 Å². The molecular weight excluding hydrogens is 286 g/mol. The van der Waals surface area contributed by atoms with Crippen molar-refractivity contribution in [3.8, 4) is 0 Å². The van der Waals surface area contributed by atoms with Gasteiger partial charge in [-0.2, -0.15) is 0 Å². The van der Waals surface area contributed by atoms with Gasteiger partial charge in [0.25, 0.3) is 5.91 Å². The van der Waals surface area contributed by atoms with Crippen LogP contribution >= 0.6 is 0 Å². The fourth-order valence-electron chi connectivity index (χ4n) is 1.45. The van der Waals surface area contributed by atoms with Gasteiger partial charge in [-0.05, 0) is 13.1 Å². The van der Waals surface area contributed by atoms with Crippen LogP contribution in [0.25, 0.3) is 0 Å². The lowest BCUT2D eigenvalue weighted by Gasteiger charge is -2.08. The smallest absolute Gasteiger partial charge is 0.308 e. The van der Waals surface area contributed by atoms with Gasteiger partial charge in [0.05, 0.1) is 5.92 Å². The van der Waals surface area contributed by atoms with Gasteiger partial charge in [0.15, 0.2) is 0 Å². The monoisotopic (exact) mass is 303 g/mol. The van der Waals surface area contributed by atoms with E-state index in [9.17, 15) is 18.0 Å². The number of aliphatic carboxylic acids is 1. The maximum Gasteiger partial charge on any atom is 0.308 e. The molecule has 1 unspecified atom stereocenters. The molecule has 0 aliphatic heterocycles. The summed E-state index contributed by atoms with van der Waals surface area (Å²) in [5.74, 6) is -2.27. The lowest BCUT2D eigenvalue weighted by Crippen LogP contribution is -2.32. The molecule has 20 heavy (non-hydrogen) atoms. The molecule has 1 amide bonds. The highest BCUT2D eigenvalue weighted by atomic mass is 32.2. The van der Waals surface area contributed by atoms with Crippen LogP contribution < -0.4 is 10.0 Å². The molecule has 1 rings (SSSR count). The van der Waals surface area contributed by atoms with Crippen molar-refractivity contribution in [1.82, 2.24) is 14.6 Å². The van der Waals surface area contributed by atoms with Crippen molar-refractivity contribution < 1.29 is 23.1 Å². The minimum Gasteiger partial charge on any atom is -0.481 e. The number of hydrogen-bond donors (Lipinski definition) is 3. The normalized spacial score (nSPS) is 12.9. The Morgan fingerprint density at radius 1 is 1.45 bits per heavy atom. The van der Waals surface area contributed by atoms with Gasteiger partial charge < -0.3 is 15.0 Å². The molecule has 0 radical (unpaired) electrons. The Kier molecular flexibility index (Phi) is 4.90. The van der Waals surface area contributed by atoms with Crippen molar-refractivity contribution in [1.29, 1.82) is 0 Å². The number of aromatic nitrogens is 1. The Labute approximate surface area is 116 Å². The Balaban J connectivity index is 2.88. The van der Waals surface area contributed by atoms with Crippen molar-refractivity contribution in [2.24, 2.45) is 13.0 Å². The molecule has 9 heteroatoms. The zero-order valence-corrected chi connectivity index (χ0v) is 12.2. The lowest BCUT2D eigenvalue weighted by molar-refractivity contribution is -0.140. The molecule has 1 aromatic heterocycles. The van der Waals surface area contributed by atoms with Crippen molar-refractivity contribution in [3.63, 3.8) is 0 Å². The molecular formula is C11H17N3O5S. The number of carboxylic acid groups (broad SMARTS) is 1. The van der Waals surface area contributed by atoms with Crippen LogP contribution in [0.4, 0.5) is 0 Å². The van der Waals surface area contributed by atoms with Gasteiger partial charge in [-0.3, -0.25) is 9.59 Å². The predicted octanol–water partition coefficient (Wildman–Crippen LogP) is -0.616. The van der Waals surface area contributed by atoms with E-state index in [-0.39, 0.29) is 17.1 Å². The highest BCUT2D eigenvalue weighted by Crippen LogP contribution is 2.13. The second kappa shape index (κ2) is 6.06. The summed E-state index contributed by atoms with van der Waals surface area (Å²) >= 11 is 0. The average molecular weight is 303 g/mol. The van der Waals surface area contributed by atoms with Crippen molar-refractivity contribution in [3.05, 3.63) is 18.0 Å². The SMILES string of the molecule is CNS(=O)(=O)c1cc(C(=O)NCC(C)C(=O)O)n(C)c1. The molecule has 1 heterocycles. The maximum atomic E-state index is 11.9. The number of aryl methyl sites for hydroxylation is 1. The lowest BCUT2D eigenvalue weighted by atomic mass is 10.2. The fourth-order valence-corrected chi connectivity index (χ4v) is 2.25. The molecule has 0 aromatic carbocycles. The second-order valence-electron chi connectivity index (χ2n) is 4.33. The third-order valence-corrected chi connectivity index (χ3v) is 4.16. The Bertz CT molecular complexity index is 620. The number of nitrogens with one attached hydrogen (secondary N) is 2. The zero-order chi connectivity index (χ0) is 15.5. The Morgan fingerprint density at radius 3 is 2.55 bits per heavy atom. The number of carbonyl (C=O) groups is 2. The van der Waals surface area contributed by atoms with E-state index >= 15 is 0 Å². The van der Waals surface area contributed by atoms with Gasteiger partial charge in [0, 0.05) is 19.8 Å². The van der Waals surface area contributed by atoms with E-state index in [1.165, 1.54) is 37.8 Å². The number of carbonyl (C=O) groups excluding carboxylic acids is 1. The first-order chi connectivity index (χ1) is 9.19. The van der Waals surface area contributed by atoms with Gasteiger partial charge in [0.2, 0.25) is 10.0 Å². The summed E-state index contributed by atoms with van der Waals surface area (Å²) in [6, 6.07) is 1.23. The minimum absolute atomic E-state index is 0.0288. The second-order valence-corrected chi connectivity index (χ2v) is 6.22. The van der Waals surface area contributed by atoms with Crippen LogP contribution in [0.3, 0.4) is 0 Å². The topological polar surface area (TPSA) is 118 Å². The number of rotatable bonds is 6. The zero-order valence-electron chi connectivity index (χ0n) is 11.4. The van der Waals surface area contributed by atoms with Crippen LogP contribution in [-0.2, 0) is 21.9 Å². The summed E-state index contributed by atoms with van der Waals surface area (Å²) in [6.07, 6.45) is 1.31. The van der Waals surface area contributed by atoms with E-state index in [4.69, 9.17) is 5.11 Å². The minimum atomic E-state index is -3.62. The van der Waals surface area contributed by atoms with Crippen molar-refractivity contribution >= 4 is 21.9 Å². The Morgan fingerprint density at radius 2 is 2.05 bits per heavy atom. The summed E-state index contributed by atoms with van der Waals surface area (Å²) in [7, 11) is -0.817. The average Bonchev–Trinajstić information content (AvgIpc) is 2.78. The van der Waals surface area contributed by atoms with E-state index in [2.05, 4.69) is 10.0 Å². The number of sulfonamides is 1. The van der Waals surface area contributed by atoms with Gasteiger partial charge in [-0.1, -0.05) is 6.92 Å². The standard InChI is InChI=1S/C11H17N3O5S/c1-7(11(16)17)5-13-10(15)9-4-8(6-14(9)3)20(18,19)12-2/h4,6-7,12H,5H2,1-3H3,(H,13,15)(H,16,17). The van der Waals surface area contributed by atoms with E-state index in [1.807, 2.05) is 0 Å². The summed E-state index contributed by atoms with van der Waals surface area (Å²) in [6.45, 7) is 1.43. The van der Waals surface area contributed by atoms with Crippen molar-refractivity contribution in [2.45, 2.75) is 11.8 Å². The van der Waals surface area contributed by atoms with E-state index < -0.39 is 27.8 Å². The van der Waals surface area contributed by atoms with Crippen LogP contribution in [0, 0.1) is 5.92 Å². The predicted molar refractivity (Wildman–Crippen MR) is 70.8 cm³/mol. The molecule has 3 N–H and O–H groups in total. The van der Waals surface area contributed by atoms with Crippen LogP contribution in [0.5, 0.6) is 0 Å². The van der Waals surface area contributed by atoms with Gasteiger partial charge in [-0.25, -0.2) is 13.1 Å². The van der Waals surface area contributed by atoms with E-state index in [0.29, 0.717) is 0 Å². The Hall–Kier alpha value is -1.87. The van der Waals surface area contributed by atoms with E-state index in [0.717, 1.165) is 0 Å². The molecule has 0 bridgehead atoms. The molecule has 0 aliphatic carbocycles. The molecule has 112 valence electrons. The third-order valence-electron chi connectivity index (χ3n) is 2.78.